The summed E-state index contributed by atoms with van der Waals surface area (Å²) in [4.78, 5) is 42.5. The van der Waals surface area contributed by atoms with E-state index in [0.717, 1.165) is 4.90 Å². The standard InChI is InChI=1S/C27H22ClN3O4S/c1-2-22(26(33)31-23-13-12-17(28)15-29-23)36-19-9-5-8-18(14-19)30-25(32)20-10-3-6-16-7-4-11-21(24(16)20)27(34)35/h3-15,22H,2H2,1H3,(H,30,32)(H,34,35)(H,29,31,33). The van der Waals surface area contributed by atoms with Gasteiger partial charge in [0.15, 0.2) is 0 Å². The minimum atomic E-state index is -1.10. The molecule has 0 spiro atoms. The van der Waals surface area contributed by atoms with Crippen LogP contribution in [0.5, 0.6) is 0 Å². The summed E-state index contributed by atoms with van der Waals surface area (Å²) >= 11 is 7.22. The summed E-state index contributed by atoms with van der Waals surface area (Å²) in [5.41, 5.74) is 0.865. The van der Waals surface area contributed by atoms with Crippen LogP contribution in [-0.4, -0.2) is 33.1 Å². The fourth-order valence-electron chi connectivity index (χ4n) is 3.70. The summed E-state index contributed by atoms with van der Waals surface area (Å²) in [6, 6.07) is 20.4. The first kappa shape index (κ1) is 25.2. The van der Waals surface area contributed by atoms with E-state index in [0.29, 0.717) is 33.7 Å². The highest BCUT2D eigenvalue weighted by atomic mass is 35.5. The lowest BCUT2D eigenvalue weighted by molar-refractivity contribution is -0.115. The average Bonchev–Trinajstić information content (AvgIpc) is 2.88. The van der Waals surface area contributed by atoms with Crippen LogP contribution in [0.2, 0.25) is 5.02 Å². The van der Waals surface area contributed by atoms with Crippen LogP contribution in [0.15, 0.2) is 83.9 Å². The fourth-order valence-corrected chi connectivity index (χ4v) is 4.82. The molecule has 4 aromatic rings. The summed E-state index contributed by atoms with van der Waals surface area (Å²) in [7, 11) is 0. The molecular formula is C27H22ClN3O4S. The third-order valence-corrected chi connectivity index (χ3v) is 6.97. The Balaban J connectivity index is 1.51. The van der Waals surface area contributed by atoms with E-state index in [1.165, 1.54) is 24.0 Å². The molecule has 3 N–H and O–H groups in total. The van der Waals surface area contributed by atoms with Gasteiger partial charge in [0.05, 0.1) is 15.8 Å². The first-order valence-corrected chi connectivity index (χ1v) is 12.4. The van der Waals surface area contributed by atoms with Crippen molar-refractivity contribution in [1.29, 1.82) is 0 Å². The number of thioether (sulfide) groups is 1. The highest BCUT2D eigenvalue weighted by molar-refractivity contribution is 8.00. The van der Waals surface area contributed by atoms with Gasteiger partial charge >= 0.3 is 5.97 Å². The number of pyridine rings is 1. The van der Waals surface area contributed by atoms with Gasteiger partial charge in [-0.2, -0.15) is 0 Å². The number of nitrogens with one attached hydrogen (secondary N) is 2. The predicted octanol–water partition coefficient (Wildman–Crippen LogP) is 6.35. The lowest BCUT2D eigenvalue weighted by atomic mass is 9.98. The number of aromatic nitrogens is 1. The number of anilines is 2. The van der Waals surface area contributed by atoms with Gasteiger partial charge in [0.25, 0.3) is 5.91 Å². The third-order valence-electron chi connectivity index (χ3n) is 5.39. The van der Waals surface area contributed by atoms with Gasteiger partial charge in [0.2, 0.25) is 5.91 Å². The number of amides is 2. The topological polar surface area (TPSA) is 108 Å². The van der Waals surface area contributed by atoms with Crippen molar-refractivity contribution in [3.63, 3.8) is 0 Å². The van der Waals surface area contributed by atoms with Crippen LogP contribution in [0, 0.1) is 0 Å². The molecule has 1 aromatic heterocycles. The maximum atomic E-state index is 13.1. The molecule has 1 atom stereocenters. The lowest BCUT2D eigenvalue weighted by Gasteiger charge is -2.15. The van der Waals surface area contributed by atoms with Crippen molar-refractivity contribution >= 4 is 63.4 Å². The van der Waals surface area contributed by atoms with E-state index in [4.69, 9.17) is 11.6 Å². The van der Waals surface area contributed by atoms with Crippen molar-refractivity contribution in [2.45, 2.75) is 23.5 Å². The van der Waals surface area contributed by atoms with Gasteiger partial charge in [-0.1, -0.05) is 48.9 Å². The van der Waals surface area contributed by atoms with Crippen molar-refractivity contribution in [3.05, 3.63) is 95.1 Å². The highest BCUT2D eigenvalue weighted by Crippen LogP contribution is 2.29. The second-order valence-electron chi connectivity index (χ2n) is 7.86. The summed E-state index contributed by atoms with van der Waals surface area (Å²) in [5, 5.41) is 16.4. The van der Waals surface area contributed by atoms with E-state index >= 15 is 0 Å². The van der Waals surface area contributed by atoms with Crippen molar-refractivity contribution in [2.75, 3.05) is 10.6 Å². The number of carbonyl (C=O) groups excluding carboxylic acids is 2. The number of benzene rings is 3. The zero-order chi connectivity index (χ0) is 25.7. The molecule has 1 heterocycles. The van der Waals surface area contributed by atoms with Gasteiger partial charge in [0, 0.05) is 27.7 Å². The largest absolute Gasteiger partial charge is 0.478 e. The second kappa shape index (κ2) is 11.2. The van der Waals surface area contributed by atoms with E-state index in [2.05, 4.69) is 15.6 Å². The van der Waals surface area contributed by atoms with Gasteiger partial charge in [-0.3, -0.25) is 9.59 Å². The number of nitrogens with zero attached hydrogens (tertiary/aromatic N) is 1. The molecule has 0 aliphatic heterocycles. The monoisotopic (exact) mass is 519 g/mol. The number of carboxylic acid groups (broad SMARTS) is 1. The Labute approximate surface area is 216 Å². The molecule has 0 aliphatic carbocycles. The normalized spacial score (nSPS) is 11.6. The van der Waals surface area contributed by atoms with Crippen molar-refractivity contribution < 1.29 is 19.5 Å². The Hall–Kier alpha value is -3.88. The Morgan fingerprint density at radius 1 is 0.972 bits per heavy atom. The molecule has 0 bridgehead atoms. The van der Waals surface area contributed by atoms with Crippen molar-refractivity contribution in [2.24, 2.45) is 0 Å². The minimum absolute atomic E-state index is 0.0644. The number of carbonyl (C=O) groups is 3. The van der Waals surface area contributed by atoms with Gasteiger partial charge in [-0.15, -0.1) is 11.8 Å². The van der Waals surface area contributed by atoms with Gasteiger partial charge in [0.1, 0.15) is 5.82 Å². The van der Waals surface area contributed by atoms with Crippen LogP contribution >= 0.6 is 23.4 Å². The molecular weight excluding hydrogens is 498 g/mol. The summed E-state index contributed by atoms with van der Waals surface area (Å²) in [6.45, 7) is 1.92. The van der Waals surface area contributed by atoms with Crippen LogP contribution in [0.3, 0.4) is 0 Å². The molecule has 0 aliphatic rings. The maximum Gasteiger partial charge on any atom is 0.336 e. The molecule has 182 valence electrons. The molecule has 0 fully saturated rings. The molecule has 0 radical (unpaired) electrons. The molecule has 0 saturated carbocycles. The second-order valence-corrected chi connectivity index (χ2v) is 9.57. The van der Waals surface area contributed by atoms with Crippen LogP contribution in [-0.2, 0) is 4.79 Å². The van der Waals surface area contributed by atoms with E-state index in [1.54, 1.807) is 60.7 Å². The summed E-state index contributed by atoms with van der Waals surface area (Å²) in [6.07, 6.45) is 2.04. The lowest BCUT2D eigenvalue weighted by Crippen LogP contribution is -2.25. The number of aromatic carboxylic acids is 1. The fraction of sp³-hybridized carbons (Fsp3) is 0.111. The highest BCUT2D eigenvalue weighted by Gasteiger charge is 2.20. The van der Waals surface area contributed by atoms with Gasteiger partial charge < -0.3 is 15.7 Å². The minimum Gasteiger partial charge on any atom is -0.478 e. The zero-order valence-electron chi connectivity index (χ0n) is 19.2. The Bertz CT molecular complexity index is 1440. The molecule has 2 amide bonds. The van der Waals surface area contributed by atoms with Crippen LogP contribution in [0.4, 0.5) is 11.5 Å². The number of rotatable bonds is 8. The number of fused-ring (bicyclic) bond motifs is 1. The first-order chi connectivity index (χ1) is 17.4. The van der Waals surface area contributed by atoms with Crippen molar-refractivity contribution in [1.82, 2.24) is 4.98 Å². The number of carboxylic acids is 1. The zero-order valence-corrected chi connectivity index (χ0v) is 20.8. The van der Waals surface area contributed by atoms with Crippen molar-refractivity contribution in [3.8, 4) is 0 Å². The number of hydrogen-bond acceptors (Lipinski definition) is 5. The van der Waals surface area contributed by atoms with E-state index in [1.807, 2.05) is 13.0 Å². The molecule has 1 unspecified atom stereocenters. The number of hydrogen-bond donors (Lipinski definition) is 3. The van der Waals surface area contributed by atoms with Gasteiger partial charge in [-0.25, -0.2) is 9.78 Å². The molecule has 7 nitrogen and oxygen atoms in total. The van der Waals surface area contributed by atoms with E-state index in [9.17, 15) is 19.5 Å². The summed E-state index contributed by atoms with van der Waals surface area (Å²) < 4.78 is 0. The average molecular weight is 520 g/mol. The molecule has 0 saturated heterocycles. The van der Waals surface area contributed by atoms with Crippen LogP contribution < -0.4 is 10.6 Å². The maximum absolute atomic E-state index is 13.1. The Morgan fingerprint density at radius 2 is 1.69 bits per heavy atom. The molecule has 4 rings (SSSR count). The number of halogens is 1. The quantitative estimate of drug-likeness (QED) is 0.234. The first-order valence-electron chi connectivity index (χ1n) is 11.1. The SMILES string of the molecule is CCC(Sc1cccc(NC(=O)c2cccc3cccc(C(=O)O)c23)c1)C(=O)Nc1ccc(Cl)cn1. The van der Waals surface area contributed by atoms with Gasteiger partial charge in [-0.05, 0) is 54.3 Å². The van der Waals surface area contributed by atoms with E-state index < -0.39 is 11.9 Å². The Morgan fingerprint density at radius 3 is 2.36 bits per heavy atom. The third kappa shape index (κ3) is 5.84. The van der Waals surface area contributed by atoms with E-state index in [-0.39, 0.29) is 22.3 Å². The molecule has 9 heteroatoms. The molecule has 3 aromatic carbocycles. The predicted molar refractivity (Wildman–Crippen MR) is 143 cm³/mol. The van der Waals surface area contributed by atoms with Crippen LogP contribution in [0.1, 0.15) is 34.1 Å². The Kier molecular flexibility index (Phi) is 7.87. The van der Waals surface area contributed by atoms with Crippen LogP contribution in [0.25, 0.3) is 10.8 Å². The smallest absolute Gasteiger partial charge is 0.336 e. The molecule has 36 heavy (non-hydrogen) atoms. The summed E-state index contributed by atoms with van der Waals surface area (Å²) in [5.74, 6) is -1.30.